The van der Waals surface area contributed by atoms with Crippen LogP contribution in [0.3, 0.4) is 0 Å². The van der Waals surface area contributed by atoms with Crippen LogP contribution in [0.2, 0.25) is 0 Å². The third kappa shape index (κ3) is 4.39. The molecule has 0 saturated carbocycles. The van der Waals surface area contributed by atoms with Gasteiger partial charge in [0.15, 0.2) is 18.5 Å². The third-order valence-electron chi connectivity index (χ3n) is 5.95. The molecule has 7 heteroatoms. The molecule has 5 rings (SSSR count). The van der Waals surface area contributed by atoms with E-state index in [0.29, 0.717) is 5.75 Å². The second kappa shape index (κ2) is 9.02. The number of benzene rings is 3. The standard InChI is InChI=1S/C26H26O7/c1-15-22(30-16(2)27)23-24(26(29-15)31-21-12-10-20(28-3)11-13-21)33-25(32-23)19-9-8-17-6-4-5-7-18(17)14-19/h4-15,22-26H,1-3H3/t15-,22-,23+,24+,25+,26-/m0/s1. The van der Waals surface area contributed by atoms with Crippen LogP contribution in [0.4, 0.5) is 0 Å². The molecule has 0 radical (unpaired) electrons. The molecule has 0 N–H and O–H groups in total. The first-order valence-electron chi connectivity index (χ1n) is 10.9. The molecular formula is C26H26O7. The minimum Gasteiger partial charge on any atom is -0.497 e. The number of carbonyl (C=O) groups excluding carboxylic acids is 1. The summed E-state index contributed by atoms with van der Waals surface area (Å²) in [6, 6.07) is 21.4. The van der Waals surface area contributed by atoms with Gasteiger partial charge in [-0.2, -0.15) is 0 Å². The van der Waals surface area contributed by atoms with E-state index in [2.05, 4.69) is 6.07 Å². The zero-order chi connectivity index (χ0) is 22.9. The van der Waals surface area contributed by atoms with Gasteiger partial charge in [0.05, 0.1) is 13.2 Å². The lowest BCUT2D eigenvalue weighted by atomic mass is 9.99. The number of rotatable bonds is 5. The molecular weight excluding hydrogens is 424 g/mol. The number of carbonyl (C=O) groups is 1. The van der Waals surface area contributed by atoms with Crippen molar-refractivity contribution in [3.05, 3.63) is 72.3 Å². The third-order valence-corrected chi connectivity index (χ3v) is 5.95. The number of fused-ring (bicyclic) bond motifs is 2. The molecule has 0 aromatic heterocycles. The Bertz CT molecular complexity index is 1130. The molecule has 0 bridgehead atoms. The van der Waals surface area contributed by atoms with E-state index < -0.39 is 43.0 Å². The van der Waals surface area contributed by atoms with Crippen LogP contribution < -0.4 is 9.47 Å². The summed E-state index contributed by atoms with van der Waals surface area (Å²) in [5.74, 6) is 0.932. The van der Waals surface area contributed by atoms with Crippen molar-refractivity contribution in [3.63, 3.8) is 0 Å². The van der Waals surface area contributed by atoms with Gasteiger partial charge in [0.25, 0.3) is 0 Å². The molecule has 33 heavy (non-hydrogen) atoms. The number of methoxy groups -OCH3 is 1. The van der Waals surface area contributed by atoms with E-state index in [-0.39, 0.29) is 0 Å². The minimum atomic E-state index is -0.740. The Hall–Kier alpha value is -3.13. The van der Waals surface area contributed by atoms with Crippen LogP contribution >= 0.6 is 0 Å². The first-order chi connectivity index (χ1) is 16.0. The Kier molecular flexibility index (Phi) is 5.93. The van der Waals surface area contributed by atoms with Crippen LogP contribution in [0.1, 0.15) is 25.7 Å². The lowest BCUT2D eigenvalue weighted by Crippen LogP contribution is -2.58. The monoisotopic (exact) mass is 450 g/mol. The molecule has 2 saturated heterocycles. The first kappa shape index (κ1) is 21.7. The largest absolute Gasteiger partial charge is 0.497 e. The van der Waals surface area contributed by atoms with Gasteiger partial charge < -0.3 is 28.4 Å². The van der Waals surface area contributed by atoms with E-state index in [4.69, 9.17) is 28.4 Å². The van der Waals surface area contributed by atoms with Gasteiger partial charge in [-0.15, -0.1) is 0 Å². The zero-order valence-corrected chi connectivity index (χ0v) is 18.7. The Labute approximate surface area is 192 Å². The summed E-state index contributed by atoms with van der Waals surface area (Å²) in [5.41, 5.74) is 0.875. The average molecular weight is 450 g/mol. The van der Waals surface area contributed by atoms with Gasteiger partial charge in [-0.25, -0.2) is 0 Å². The van der Waals surface area contributed by atoms with E-state index >= 15 is 0 Å². The van der Waals surface area contributed by atoms with Crippen LogP contribution in [0.25, 0.3) is 10.8 Å². The number of ether oxygens (including phenoxy) is 6. The predicted octanol–water partition coefficient (Wildman–Crippen LogP) is 4.39. The topological polar surface area (TPSA) is 72.5 Å². The van der Waals surface area contributed by atoms with Crippen molar-refractivity contribution in [2.24, 2.45) is 0 Å². The second-order valence-corrected chi connectivity index (χ2v) is 8.22. The highest BCUT2D eigenvalue weighted by molar-refractivity contribution is 5.83. The molecule has 2 aliphatic heterocycles. The highest BCUT2D eigenvalue weighted by atomic mass is 16.8. The molecule has 0 aliphatic carbocycles. The van der Waals surface area contributed by atoms with E-state index in [1.165, 1.54) is 6.92 Å². The quantitative estimate of drug-likeness (QED) is 0.534. The molecule has 3 aromatic rings. The first-order valence-corrected chi connectivity index (χ1v) is 10.9. The molecule has 2 fully saturated rings. The van der Waals surface area contributed by atoms with Gasteiger partial charge in [-0.3, -0.25) is 4.79 Å². The van der Waals surface area contributed by atoms with Crippen molar-refractivity contribution in [2.75, 3.05) is 7.11 Å². The summed E-state index contributed by atoms with van der Waals surface area (Å²) >= 11 is 0. The van der Waals surface area contributed by atoms with Crippen LogP contribution in [0.15, 0.2) is 66.7 Å². The summed E-state index contributed by atoms with van der Waals surface area (Å²) in [6.45, 7) is 3.21. The summed E-state index contributed by atoms with van der Waals surface area (Å²) in [6.07, 6.45) is -3.58. The molecule has 2 aliphatic rings. The van der Waals surface area contributed by atoms with Gasteiger partial charge in [0, 0.05) is 12.5 Å². The van der Waals surface area contributed by atoms with Crippen molar-refractivity contribution in [1.82, 2.24) is 0 Å². The number of hydrogen-bond acceptors (Lipinski definition) is 7. The normalized spacial score (nSPS) is 28.8. The highest BCUT2D eigenvalue weighted by Crippen LogP contribution is 2.41. The second-order valence-electron chi connectivity index (χ2n) is 8.22. The van der Waals surface area contributed by atoms with Gasteiger partial charge in [0.1, 0.15) is 17.6 Å². The lowest BCUT2D eigenvalue weighted by molar-refractivity contribution is -0.246. The Morgan fingerprint density at radius 3 is 2.27 bits per heavy atom. The molecule has 2 heterocycles. The SMILES string of the molecule is COc1ccc(O[C@@H]2O[C@@H](C)[C@H](OC(C)=O)[C@H]3O[C@@H](c4ccc5ccccc5c4)O[C@@H]23)cc1. The summed E-state index contributed by atoms with van der Waals surface area (Å²) in [7, 11) is 1.61. The van der Waals surface area contributed by atoms with Crippen LogP contribution in [0, 0.1) is 0 Å². The average Bonchev–Trinajstić information content (AvgIpc) is 3.27. The maximum atomic E-state index is 11.8. The fourth-order valence-corrected chi connectivity index (χ4v) is 4.34. The molecule has 0 unspecified atom stereocenters. The summed E-state index contributed by atoms with van der Waals surface area (Å²) < 4.78 is 35.6. The Morgan fingerprint density at radius 1 is 0.848 bits per heavy atom. The van der Waals surface area contributed by atoms with Crippen molar-refractivity contribution in [1.29, 1.82) is 0 Å². The highest BCUT2D eigenvalue weighted by Gasteiger charge is 2.54. The fourth-order valence-electron chi connectivity index (χ4n) is 4.34. The van der Waals surface area contributed by atoms with Crippen LogP contribution in [0.5, 0.6) is 11.5 Å². The van der Waals surface area contributed by atoms with E-state index in [0.717, 1.165) is 22.1 Å². The van der Waals surface area contributed by atoms with Crippen LogP contribution in [-0.2, 0) is 23.7 Å². The predicted molar refractivity (Wildman–Crippen MR) is 120 cm³/mol. The lowest BCUT2D eigenvalue weighted by Gasteiger charge is -2.40. The maximum absolute atomic E-state index is 11.8. The Morgan fingerprint density at radius 2 is 1.55 bits per heavy atom. The Balaban J connectivity index is 1.42. The molecule has 0 spiro atoms. The molecule has 6 atom stereocenters. The molecule has 0 amide bonds. The summed E-state index contributed by atoms with van der Waals surface area (Å²) in [4.78, 5) is 11.8. The van der Waals surface area contributed by atoms with Gasteiger partial charge in [-0.05, 0) is 48.0 Å². The van der Waals surface area contributed by atoms with Crippen molar-refractivity contribution in [3.8, 4) is 11.5 Å². The van der Waals surface area contributed by atoms with Crippen molar-refractivity contribution >= 4 is 16.7 Å². The fraction of sp³-hybridized carbons (Fsp3) is 0.346. The zero-order valence-electron chi connectivity index (χ0n) is 18.7. The van der Waals surface area contributed by atoms with Gasteiger partial charge >= 0.3 is 5.97 Å². The van der Waals surface area contributed by atoms with Crippen molar-refractivity contribution in [2.45, 2.75) is 50.8 Å². The summed E-state index contributed by atoms with van der Waals surface area (Å²) in [5, 5.41) is 2.22. The van der Waals surface area contributed by atoms with E-state index in [1.54, 1.807) is 19.2 Å². The van der Waals surface area contributed by atoms with E-state index in [1.807, 2.05) is 55.5 Å². The van der Waals surface area contributed by atoms with E-state index in [9.17, 15) is 4.79 Å². The molecule has 172 valence electrons. The molecule has 3 aromatic carbocycles. The van der Waals surface area contributed by atoms with Crippen LogP contribution in [-0.4, -0.2) is 43.8 Å². The maximum Gasteiger partial charge on any atom is 0.303 e. The number of hydrogen-bond donors (Lipinski definition) is 0. The van der Waals surface area contributed by atoms with Gasteiger partial charge in [0.2, 0.25) is 6.29 Å². The van der Waals surface area contributed by atoms with Crippen molar-refractivity contribution < 1.29 is 33.2 Å². The molecule has 7 nitrogen and oxygen atoms in total. The number of esters is 1. The smallest absolute Gasteiger partial charge is 0.303 e. The van der Waals surface area contributed by atoms with Gasteiger partial charge in [-0.1, -0.05) is 36.4 Å². The minimum absolute atomic E-state index is 0.401.